The van der Waals surface area contributed by atoms with Crippen LogP contribution in [0.15, 0.2) is 66.9 Å². The zero-order valence-corrected chi connectivity index (χ0v) is 28.4. The SMILES string of the molecule is C=CC(=O)N1CCN(c2ncc(-c3ccc(OC)c(NC4SC=CN4c4c(C)cccc4Cl)n3)cc2N2CC3(CCOCC3)C2)CC1. The maximum atomic E-state index is 12.2. The molecule has 6 heterocycles. The van der Waals surface area contributed by atoms with Gasteiger partial charge in [0.1, 0.15) is 0 Å². The molecule has 4 aliphatic rings. The zero-order valence-electron chi connectivity index (χ0n) is 26.8. The molecular weight excluding hydrogens is 634 g/mol. The van der Waals surface area contributed by atoms with Crippen molar-refractivity contribution < 1.29 is 14.3 Å². The number of pyridine rings is 2. The molecule has 3 fully saturated rings. The third-order valence-corrected chi connectivity index (χ3v) is 10.8. The van der Waals surface area contributed by atoms with E-state index in [0.717, 1.165) is 86.2 Å². The van der Waals surface area contributed by atoms with Crippen LogP contribution in [0.25, 0.3) is 11.3 Å². The van der Waals surface area contributed by atoms with Gasteiger partial charge in [0, 0.05) is 75.9 Å². The van der Waals surface area contributed by atoms with E-state index in [9.17, 15) is 4.79 Å². The lowest BCUT2D eigenvalue weighted by Gasteiger charge is -2.54. The standard InChI is InChI=1S/C35H40ClN7O3S/c1-4-30(44)40-12-14-41(15-13-40)33-28(42-22-35(23-42)10-17-46-18-11-35)20-25(21-37-33)27-8-9-29(45-3)32(38-27)39-34-43(16-19-47-34)31-24(2)6-5-7-26(31)36/h4-9,16,19-21,34H,1,10-15,17-18,22-23H2,2-3H3,(H,38,39). The van der Waals surface area contributed by atoms with Crippen LogP contribution < -0.4 is 24.8 Å². The van der Waals surface area contributed by atoms with Gasteiger partial charge in [-0.25, -0.2) is 9.97 Å². The number of benzene rings is 1. The van der Waals surface area contributed by atoms with Crippen molar-refractivity contribution in [3.8, 4) is 17.0 Å². The Kier molecular flexibility index (Phi) is 8.95. The number of carbonyl (C=O) groups is 1. The van der Waals surface area contributed by atoms with Crippen molar-refractivity contribution in [2.75, 3.05) is 79.6 Å². The lowest BCUT2D eigenvalue weighted by Crippen LogP contribution is -2.59. The van der Waals surface area contributed by atoms with E-state index in [4.69, 9.17) is 31.0 Å². The first-order valence-electron chi connectivity index (χ1n) is 16.0. The summed E-state index contributed by atoms with van der Waals surface area (Å²) in [5.74, 6) is 2.22. The number of hydrogen-bond acceptors (Lipinski definition) is 10. The van der Waals surface area contributed by atoms with Crippen molar-refractivity contribution in [1.82, 2.24) is 14.9 Å². The molecule has 1 unspecified atom stereocenters. The lowest BCUT2D eigenvalue weighted by molar-refractivity contribution is -0.126. The second-order valence-corrected chi connectivity index (χ2v) is 13.9. The number of methoxy groups -OCH3 is 1. The molecule has 1 atom stereocenters. The van der Waals surface area contributed by atoms with E-state index in [2.05, 4.69) is 51.1 Å². The van der Waals surface area contributed by atoms with Gasteiger partial charge in [0.25, 0.3) is 0 Å². The monoisotopic (exact) mass is 673 g/mol. The molecule has 1 amide bonds. The minimum absolute atomic E-state index is 0.0238. The molecular formula is C35H40ClN7O3S. The Hall–Kier alpha value is -3.93. The molecule has 1 aromatic carbocycles. The summed E-state index contributed by atoms with van der Waals surface area (Å²) in [4.78, 5) is 31.1. The van der Waals surface area contributed by atoms with Crippen LogP contribution in [0.2, 0.25) is 5.02 Å². The van der Waals surface area contributed by atoms with Gasteiger partial charge in [0.05, 0.1) is 29.2 Å². The Morgan fingerprint density at radius 3 is 2.66 bits per heavy atom. The van der Waals surface area contributed by atoms with E-state index in [-0.39, 0.29) is 11.4 Å². The summed E-state index contributed by atoms with van der Waals surface area (Å²) < 4.78 is 11.4. The highest BCUT2D eigenvalue weighted by Gasteiger charge is 2.45. The molecule has 3 aromatic rings. The number of carbonyl (C=O) groups excluding carboxylic acids is 1. The Morgan fingerprint density at radius 2 is 1.94 bits per heavy atom. The molecule has 47 heavy (non-hydrogen) atoms. The van der Waals surface area contributed by atoms with Crippen LogP contribution in [0.5, 0.6) is 5.75 Å². The Balaban J connectivity index is 1.18. The molecule has 1 N–H and O–H groups in total. The highest BCUT2D eigenvalue weighted by atomic mass is 35.5. The Bertz CT molecular complexity index is 1660. The normalized spacial score (nSPS) is 20.4. The highest BCUT2D eigenvalue weighted by molar-refractivity contribution is 8.03. The number of aromatic nitrogens is 2. The van der Waals surface area contributed by atoms with E-state index in [0.29, 0.717) is 35.1 Å². The fourth-order valence-electron chi connectivity index (χ4n) is 6.94. The van der Waals surface area contributed by atoms with Crippen LogP contribution in [0.3, 0.4) is 0 Å². The summed E-state index contributed by atoms with van der Waals surface area (Å²) in [6.07, 6.45) is 7.51. The van der Waals surface area contributed by atoms with Crippen molar-refractivity contribution in [2.24, 2.45) is 5.41 Å². The number of piperazine rings is 1. The smallest absolute Gasteiger partial charge is 0.246 e. The predicted octanol–water partition coefficient (Wildman–Crippen LogP) is 5.99. The molecule has 0 radical (unpaired) electrons. The molecule has 4 aliphatic heterocycles. The molecule has 3 saturated heterocycles. The minimum Gasteiger partial charge on any atom is -0.493 e. The van der Waals surface area contributed by atoms with Crippen LogP contribution in [-0.2, 0) is 9.53 Å². The second kappa shape index (κ2) is 13.3. The number of rotatable bonds is 8. The van der Waals surface area contributed by atoms with Gasteiger partial charge in [-0.05, 0) is 61.1 Å². The van der Waals surface area contributed by atoms with Gasteiger partial charge in [-0.2, -0.15) is 0 Å². The summed E-state index contributed by atoms with van der Waals surface area (Å²) in [5.41, 5.74) is 5.02. The quantitative estimate of drug-likeness (QED) is 0.288. The van der Waals surface area contributed by atoms with Crippen molar-refractivity contribution in [2.45, 2.75) is 25.3 Å². The average Bonchev–Trinajstić information content (AvgIpc) is 3.54. The summed E-state index contributed by atoms with van der Waals surface area (Å²) in [7, 11) is 1.66. The summed E-state index contributed by atoms with van der Waals surface area (Å²) >= 11 is 8.29. The van der Waals surface area contributed by atoms with Gasteiger partial charge in [-0.15, -0.1) is 0 Å². The zero-order chi connectivity index (χ0) is 32.5. The predicted molar refractivity (Wildman–Crippen MR) is 191 cm³/mol. The highest BCUT2D eigenvalue weighted by Crippen LogP contribution is 2.46. The van der Waals surface area contributed by atoms with E-state index in [1.807, 2.05) is 41.6 Å². The number of nitrogens with zero attached hydrogens (tertiary/aromatic N) is 6. The fraction of sp³-hybridized carbons (Fsp3) is 0.400. The van der Waals surface area contributed by atoms with Crippen LogP contribution in [0, 0.1) is 12.3 Å². The Morgan fingerprint density at radius 1 is 1.15 bits per heavy atom. The van der Waals surface area contributed by atoms with E-state index in [1.165, 1.54) is 6.08 Å². The van der Waals surface area contributed by atoms with Gasteiger partial charge in [0.15, 0.2) is 22.9 Å². The molecule has 1 spiro atoms. The average molecular weight is 674 g/mol. The first-order chi connectivity index (χ1) is 22.9. The number of aryl methyl sites for hydroxylation is 1. The first kappa shape index (κ1) is 31.7. The summed E-state index contributed by atoms with van der Waals surface area (Å²) in [5, 5.41) is 6.34. The summed E-state index contributed by atoms with van der Waals surface area (Å²) in [6, 6.07) is 12.1. The van der Waals surface area contributed by atoms with Crippen LogP contribution in [0.1, 0.15) is 18.4 Å². The Labute approximate surface area is 285 Å². The number of amides is 1. The molecule has 246 valence electrons. The fourth-order valence-corrected chi connectivity index (χ4v) is 8.10. The number of para-hydroxylation sites is 1. The van der Waals surface area contributed by atoms with Crippen molar-refractivity contribution >= 4 is 52.3 Å². The van der Waals surface area contributed by atoms with Crippen LogP contribution in [0.4, 0.5) is 23.0 Å². The molecule has 0 bridgehead atoms. The van der Waals surface area contributed by atoms with Gasteiger partial charge < -0.3 is 34.4 Å². The number of halogens is 1. The maximum absolute atomic E-state index is 12.2. The molecule has 10 nitrogen and oxygen atoms in total. The van der Waals surface area contributed by atoms with Crippen molar-refractivity contribution in [3.63, 3.8) is 0 Å². The minimum atomic E-state index is -0.162. The third-order valence-electron chi connectivity index (χ3n) is 9.62. The van der Waals surface area contributed by atoms with Gasteiger partial charge >= 0.3 is 0 Å². The number of nitrogens with one attached hydrogen (secondary N) is 1. The number of anilines is 4. The maximum Gasteiger partial charge on any atom is 0.246 e. The van der Waals surface area contributed by atoms with Gasteiger partial charge in [-0.1, -0.05) is 42.1 Å². The van der Waals surface area contributed by atoms with Crippen LogP contribution >= 0.6 is 23.4 Å². The summed E-state index contributed by atoms with van der Waals surface area (Å²) in [6.45, 7) is 12.0. The van der Waals surface area contributed by atoms with Crippen molar-refractivity contribution in [1.29, 1.82) is 0 Å². The molecule has 0 aliphatic carbocycles. The number of thioether (sulfide) groups is 1. The molecule has 7 rings (SSSR count). The number of ether oxygens (including phenoxy) is 2. The lowest BCUT2D eigenvalue weighted by atomic mass is 9.73. The number of hydrogen-bond donors (Lipinski definition) is 1. The topological polar surface area (TPSA) is 86.3 Å². The van der Waals surface area contributed by atoms with Gasteiger partial charge in [0.2, 0.25) is 5.91 Å². The van der Waals surface area contributed by atoms with E-state index < -0.39 is 0 Å². The largest absolute Gasteiger partial charge is 0.493 e. The first-order valence-corrected chi connectivity index (χ1v) is 17.4. The van der Waals surface area contributed by atoms with Crippen molar-refractivity contribution in [3.05, 3.63) is 77.4 Å². The van der Waals surface area contributed by atoms with Crippen LogP contribution in [-0.4, -0.2) is 85.9 Å². The second-order valence-electron chi connectivity index (χ2n) is 12.5. The molecule has 0 saturated carbocycles. The molecule has 2 aromatic heterocycles. The third kappa shape index (κ3) is 6.24. The van der Waals surface area contributed by atoms with E-state index in [1.54, 1.807) is 18.9 Å². The molecule has 12 heteroatoms. The van der Waals surface area contributed by atoms with Gasteiger partial charge in [-0.3, -0.25) is 4.79 Å². The van der Waals surface area contributed by atoms with E-state index >= 15 is 0 Å².